The molecule has 0 bridgehead atoms. The van der Waals surface area contributed by atoms with Crippen LogP contribution in [0.5, 0.6) is 0 Å². The van der Waals surface area contributed by atoms with Gasteiger partial charge in [-0.1, -0.05) is 6.58 Å². The Bertz CT molecular complexity index is 70.2. The average molecular weight is 134 g/mol. The molecule has 0 heterocycles. The summed E-state index contributed by atoms with van der Waals surface area (Å²) in [4.78, 5) is 17.0. The van der Waals surface area contributed by atoms with Crippen molar-refractivity contribution >= 4 is 12.8 Å². The van der Waals surface area contributed by atoms with Gasteiger partial charge in [0.1, 0.15) is 6.79 Å². The molecule has 0 saturated carbocycles. The fraction of sp³-hybridized carbons (Fsp3) is 0. The van der Waals surface area contributed by atoms with E-state index in [4.69, 9.17) is 14.7 Å². The fourth-order valence-electron chi connectivity index (χ4n) is 0. The minimum absolute atomic E-state index is 0.750. The molecule has 0 aliphatic heterocycles. The Hall–Kier alpha value is -1.52. The maximum absolute atomic E-state index is 9.00. The molecule has 0 rings (SSSR count). The highest BCUT2D eigenvalue weighted by atomic mass is 16.2. The summed E-state index contributed by atoms with van der Waals surface area (Å²) in [6.45, 7) is 4.92. The Morgan fingerprint density at radius 1 is 1.44 bits per heavy atom. The van der Waals surface area contributed by atoms with Gasteiger partial charge in [0.25, 0.3) is 0 Å². The second-order valence-corrected chi connectivity index (χ2v) is 0.585. The average Bonchev–Trinajstić information content (AvgIpc) is 1.71. The summed E-state index contributed by atoms with van der Waals surface area (Å²) in [6, 6.07) is -0.833. The van der Waals surface area contributed by atoms with Crippen LogP contribution in [0, 0.1) is 0 Å². The molecule has 0 atom stereocenters. The number of carbonyl (C=O) groups excluding carboxylic acids is 2. The van der Waals surface area contributed by atoms with E-state index < -0.39 is 6.03 Å². The topological polar surface area (TPSA) is 106 Å². The van der Waals surface area contributed by atoms with Crippen molar-refractivity contribution in [1.82, 2.24) is 0 Å². The van der Waals surface area contributed by atoms with Crippen molar-refractivity contribution < 1.29 is 14.7 Å². The number of primary amides is 2. The highest BCUT2D eigenvalue weighted by molar-refractivity contribution is 5.69. The van der Waals surface area contributed by atoms with Gasteiger partial charge in [-0.2, -0.15) is 0 Å². The zero-order valence-corrected chi connectivity index (χ0v) is 4.91. The molecule has 5 heteroatoms. The summed E-state index contributed by atoms with van der Waals surface area (Å²) in [5.41, 5.74) is 8.50. The van der Waals surface area contributed by atoms with E-state index in [0.717, 1.165) is 6.26 Å². The number of hydrogen-bond donors (Lipinski definition) is 3. The Labute approximate surface area is 53.0 Å². The van der Waals surface area contributed by atoms with Crippen LogP contribution in [0.25, 0.3) is 0 Å². The molecule has 0 spiro atoms. The minimum atomic E-state index is -0.833. The van der Waals surface area contributed by atoms with E-state index in [9.17, 15) is 0 Å². The zero-order chi connectivity index (χ0) is 8.28. The van der Waals surface area contributed by atoms with Crippen LogP contribution in [0.2, 0.25) is 0 Å². The summed E-state index contributed by atoms with van der Waals surface area (Å²) < 4.78 is 0. The maximum Gasteiger partial charge on any atom is 0.309 e. The predicted octanol–water partition coefficient (Wildman–Crippen LogP) is -0.473. The van der Waals surface area contributed by atoms with Gasteiger partial charge in [-0.15, -0.1) is 0 Å². The molecule has 0 radical (unpaired) electrons. The third-order valence-electron chi connectivity index (χ3n) is 0. The molecule has 0 aromatic heterocycles. The summed E-state index contributed by atoms with van der Waals surface area (Å²) in [6.07, 6.45) is 0.750. The Morgan fingerprint density at radius 3 is 1.44 bits per heavy atom. The number of nitrogens with two attached hydrogens (primary N) is 2. The summed E-state index contributed by atoms with van der Waals surface area (Å²) >= 11 is 0. The second-order valence-electron chi connectivity index (χ2n) is 0.585. The first-order valence-electron chi connectivity index (χ1n) is 1.74. The lowest BCUT2D eigenvalue weighted by Crippen LogP contribution is -2.18. The van der Waals surface area contributed by atoms with E-state index in [1.54, 1.807) is 0 Å². The van der Waals surface area contributed by atoms with Gasteiger partial charge in [-0.25, -0.2) is 4.79 Å². The smallest absolute Gasteiger partial charge is 0.309 e. The molecule has 54 valence electrons. The monoisotopic (exact) mass is 134 g/mol. The van der Waals surface area contributed by atoms with E-state index in [-0.39, 0.29) is 0 Å². The lowest BCUT2D eigenvalue weighted by atomic mass is 11.2. The van der Waals surface area contributed by atoms with Gasteiger partial charge >= 0.3 is 6.03 Å². The SMILES string of the molecule is C=CO.C=O.NC(N)=O. The van der Waals surface area contributed by atoms with Gasteiger partial charge < -0.3 is 21.4 Å². The molecule has 2 amide bonds. The molecule has 0 aromatic rings. The van der Waals surface area contributed by atoms with Crippen LogP contribution in [-0.4, -0.2) is 17.9 Å². The van der Waals surface area contributed by atoms with Crippen molar-refractivity contribution in [3.63, 3.8) is 0 Å². The highest BCUT2D eigenvalue weighted by Gasteiger charge is 1.60. The molecule has 0 aromatic carbocycles. The van der Waals surface area contributed by atoms with E-state index in [1.807, 2.05) is 6.79 Å². The first-order valence-corrected chi connectivity index (χ1v) is 1.74. The normalized spacial score (nSPS) is 4.44. The van der Waals surface area contributed by atoms with Crippen molar-refractivity contribution in [3.8, 4) is 0 Å². The van der Waals surface area contributed by atoms with Crippen molar-refractivity contribution in [2.24, 2.45) is 11.5 Å². The van der Waals surface area contributed by atoms with Crippen LogP contribution in [0.1, 0.15) is 0 Å². The van der Waals surface area contributed by atoms with Gasteiger partial charge in [-0.05, 0) is 0 Å². The van der Waals surface area contributed by atoms with Crippen molar-refractivity contribution in [2.75, 3.05) is 0 Å². The number of hydrogen-bond acceptors (Lipinski definition) is 3. The first kappa shape index (κ1) is 15.6. The van der Waals surface area contributed by atoms with Gasteiger partial charge in [-0.3, -0.25) is 0 Å². The third kappa shape index (κ3) is 56.3. The quantitative estimate of drug-likeness (QED) is 0.389. The van der Waals surface area contributed by atoms with Crippen LogP contribution in [-0.2, 0) is 4.79 Å². The van der Waals surface area contributed by atoms with Crippen LogP contribution in [0.15, 0.2) is 12.8 Å². The number of aliphatic hydroxyl groups excluding tert-OH is 1. The van der Waals surface area contributed by atoms with E-state index in [1.165, 1.54) is 0 Å². The molecule has 0 saturated heterocycles. The van der Waals surface area contributed by atoms with Crippen LogP contribution < -0.4 is 11.5 Å². The number of amides is 2. The highest BCUT2D eigenvalue weighted by Crippen LogP contribution is 1.26. The lowest BCUT2D eigenvalue weighted by Gasteiger charge is -1.62. The minimum Gasteiger partial charge on any atom is -0.516 e. The first-order chi connectivity index (χ1) is 4.15. The molecule has 0 aliphatic carbocycles. The molecule has 0 aliphatic rings. The second kappa shape index (κ2) is 31.6. The molecule has 5 nitrogen and oxygen atoms in total. The number of aliphatic hydroxyl groups is 1. The number of carbonyl (C=O) groups is 2. The maximum atomic E-state index is 9.00. The Balaban J connectivity index is -0.0000000646. The van der Waals surface area contributed by atoms with Crippen LogP contribution >= 0.6 is 0 Å². The van der Waals surface area contributed by atoms with E-state index in [2.05, 4.69) is 18.0 Å². The Morgan fingerprint density at radius 2 is 1.44 bits per heavy atom. The molecule has 5 N–H and O–H groups in total. The van der Waals surface area contributed by atoms with E-state index >= 15 is 0 Å². The molecular weight excluding hydrogens is 124 g/mol. The Kier molecular flexibility index (Phi) is 55.0. The van der Waals surface area contributed by atoms with Crippen LogP contribution in [0.3, 0.4) is 0 Å². The molecular formula is C4H10N2O3. The number of rotatable bonds is 0. The van der Waals surface area contributed by atoms with Gasteiger partial charge in [0.2, 0.25) is 0 Å². The van der Waals surface area contributed by atoms with Gasteiger partial charge in [0, 0.05) is 0 Å². The largest absolute Gasteiger partial charge is 0.516 e. The fourth-order valence-corrected chi connectivity index (χ4v) is 0. The standard InChI is InChI=1S/C2H4O.CH4N2O.CH2O/c1-2-3;2-1(3)4;1-2/h2-3H,1H2;(H4,2,3,4);1H2. The number of urea groups is 1. The lowest BCUT2D eigenvalue weighted by molar-refractivity contribution is -0.0979. The summed E-state index contributed by atoms with van der Waals surface area (Å²) in [5, 5.41) is 7.33. The van der Waals surface area contributed by atoms with Crippen molar-refractivity contribution in [2.45, 2.75) is 0 Å². The molecule has 9 heavy (non-hydrogen) atoms. The van der Waals surface area contributed by atoms with Crippen molar-refractivity contribution in [1.29, 1.82) is 0 Å². The third-order valence-corrected chi connectivity index (χ3v) is 0. The molecule has 0 unspecified atom stereocenters. The summed E-state index contributed by atoms with van der Waals surface area (Å²) in [7, 11) is 0. The molecule has 0 fully saturated rings. The van der Waals surface area contributed by atoms with Gasteiger partial charge in [0.05, 0.1) is 6.26 Å². The van der Waals surface area contributed by atoms with Crippen molar-refractivity contribution in [3.05, 3.63) is 12.8 Å². The summed E-state index contributed by atoms with van der Waals surface area (Å²) in [5.74, 6) is 0. The van der Waals surface area contributed by atoms with Gasteiger partial charge in [0.15, 0.2) is 0 Å². The zero-order valence-electron chi connectivity index (χ0n) is 4.91. The van der Waals surface area contributed by atoms with E-state index in [0.29, 0.717) is 0 Å². The van der Waals surface area contributed by atoms with Crippen LogP contribution in [0.4, 0.5) is 4.79 Å². The predicted molar refractivity (Wildman–Crippen MR) is 33.7 cm³/mol.